The SMILES string of the molecule is Cc1cc(-n2c(=O)cc(F)n3ccnc23)c(F)cc1Br. The van der Waals surface area contributed by atoms with Crippen LogP contribution < -0.4 is 5.56 Å². The van der Waals surface area contributed by atoms with Crippen molar-refractivity contribution in [2.75, 3.05) is 0 Å². The Morgan fingerprint density at radius 3 is 2.75 bits per heavy atom. The molecule has 0 unspecified atom stereocenters. The highest BCUT2D eigenvalue weighted by molar-refractivity contribution is 9.10. The first-order chi connectivity index (χ1) is 9.49. The molecule has 20 heavy (non-hydrogen) atoms. The Balaban J connectivity index is 2.44. The molecule has 0 amide bonds. The highest BCUT2D eigenvalue weighted by atomic mass is 79.9. The number of benzene rings is 1. The summed E-state index contributed by atoms with van der Waals surface area (Å²) in [6.07, 6.45) is 2.71. The molecule has 0 atom stereocenters. The second-order valence-electron chi connectivity index (χ2n) is 4.29. The zero-order chi connectivity index (χ0) is 14.4. The van der Waals surface area contributed by atoms with Crippen molar-refractivity contribution in [3.8, 4) is 5.69 Å². The van der Waals surface area contributed by atoms with Crippen LogP contribution in [0.25, 0.3) is 11.5 Å². The molecule has 7 heteroatoms. The number of nitrogens with zero attached hydrogens (tertiary/aromatic N) is 3. The van der Waals surface area contributed by atoms with Gasteiger partial charge in [0.2, 0.25) is 11.7 Å². The fourth-order valence-electron chi connectivity index (χ4n) is 2.00. The second kappa shape index (κ2) is 4.52. The van der Waals surface area contributed by atoms with E-state index in [9.17, 15) is 13.6 Å². The van der Waals surface area contributed by atoms with Gasteiger partial charge < -0.3 is 0 Å². The van der Waals surface area contributed by atoms with Crippen molar-refractivity contribution in [3.63, 3.8) is 0 Å². The van der Waals surface area contributed by atoms with Gasteiger partial charge in [-0.15, -0.1) is 0 Å². The number of hydrogen-bond donors (Lipinski definition) is 0. The standard InChI is InChI=1S/C13H8BrF2N3O/c1-7-4-10(9(15)5-8(7)14)19-12(20)6-11(16)18-3-2-17-13(18)19/h2-6H,1H3. The molecule has 0 saturated heterocycles. The summed E-state index contributed by atoms with van der Waals surface area (Å²) in [4.78, 5) is 15.9. The molecule has 2 aromatic heterocycles. The van der Waals surface area contributed by atoms with Crippen LogP contribution >= 0.6 is 15.9 Å². The van der Waals surface area contributed by atoms with E-state index in [4.69, 9.17) is 0 Å². The van der Waals surface area contributed by atoms with Crippen LogP contribution in [0.4, 0.5) is 8.78 Å². The largest absolute Gasteiger partial charge is 0.269 e. The summed E-state index contributed by atoms with van der Waals surface area (Å²) in [7, 11) is 0. The smallest absolute Gasteiger partial charge is 0.262 e. The van der Waals surface area contributed by atoms with E-state index in [1.54, 1.807) is 6.92 Å². The summed E-state index contributed by atoms with van der Waals surface area (Å²) >= 11 is 3.22. The fraction of sp³-hybridized carbons (Fsp3) is 0.0769. The molecule has 0 spiro atoms. The third-order valence-corrected chi connectivity index (χ3v) is 3.84. The predicted octanol–water partition coefficient (Wildman–Crippen LogP) is 2.83. The maximum absolute atomic E-state index is 14.1. The Bertz CT molecular complexity index is 885. The summed E-state index contributed by atoms with van der Waals surface area (Å²) in [5, 5.41) is 0. The number of aromatic nitrogens is 3. The number of imidazole rings is 1. The number of halogens is 3. The first-order valence-corrected chi connectivity index (χ1v) is 6.49. The lowest BCUT2D eigenvalue weighted by molar-refractivity contribution is 0.555. The zero-order valence-electron chi connectivity index (χ0n) is 10.3. The number of hydrogen-bond acceptors (Lipinski definition) is 2. The van der Waals surface area contributed by atoms with Gasteiger partial charge >= 0.3 is 0 Å². The fourth-order valence-corrected chi connectivity index (χ4v) is 2.32. The molecule has 2 heterocycles. The van der Waals surface area contributed by atoms with E-state index in [0.29, 0.717) is 4.47 Å². The van der Waals surface area contributed by atoms with Gasteiger partial charge in [-0.05, 0) is 24.6 Å². The van der Waals surface area contributed by atoms with E-state index in [-0.39, 0.29) is 11.5 Å². The Kier molecular flexibility index (Phi) is 2.93. The van der Waals surface area contributed by atoms with Crippen LogP contribution in [-0.2, 0) is 0 Å². The molecule has 0 aliphatic carbocycles. The second-order valence-corrected chi connectivity index (χ2v) is 5.15. The van der Waals surface area contributed by atoms with Crippen molar-refractivity contribution >= 4 is 21.7 Å². The van der Waals surface area contributed by atoms with Crippen LogP contribution in [-0.4, -0.2) is 14.0 Å². The first kappa shape index (κ1) is 13.0. The zero-order valence-corrected chi connectivity index (χ0v) is 11.9. The van der Waals surface area contributed by atoms with Gasteiger partial charge in [-0.1, -0.05) is 15.9 Å². The normalized spacial score (nSPS) is 11.2. The Morgan fingerprint density at radius 2 is 2.00 bits per heavy atom. The van der Waals surface area contributed by atoms with E-state index >= 15 is 0 Å². The average Bonchev–Trinajstić information content (AvgIpc) is 2.84. The molecule has 0 aliphatic heterocycles. The molecule has 0 bridgehead atoms. The number of rotatable bonds is 1. The average molecular weight is 340 g/mol. The maximum Gasteiger partial charge on any atom is 0.262 e. The molecular formula is C13H8BrF2N3O. The molecule has 3 rings (SSSR count). The Labute approximate surface area is 120 Å². The van der Waals surface area contributed by atoms with Crippen molar-refractivity contribution in [1.82, 2.24) is 14.0 Å². The van der Waals surface area contributed by atoms with Gasteiger partial charge in [0.25, 0.3) is 5.56 Å². The lowest BCUT2D eigenvalue weighted by Gasteiger charge is -2.11. The van der Waals surface area contributed by atoms with Gasteiger partial charge in [0.1, 0.15) is 5.82 Å². The van der Waals surface area contributed by atoms with E-state index < -0.39 is 17.3 Å². The van der Waals surface area contributed by atoms with Crippen molar-refractivity contribution in [2.24, 2.45) is 0 Å². The quantitative estimate of drug-likeness (QED) is 0.639. The van der Waals surface area contributed by atoms with Gasteiger partial charge in [-0.2, -0.15) is 4.39 Å². The molecule has 102 valence electrons. The summed E-state index contributed by atoms with van der Waals surface area (Å²) in [5.41, 5.74) is 0.107. The van der Waals surface area contributed by atoms with E-state index in [1.165, 1.54) is 24.5 Å². The molecule has 0 fully saturated rings. The Morgan fingerprint density at radius 1 is 1.25 bits per heavy atom. The van der Waals surface area contributed by atoms with Gasteiger partial charge in [-0.3, -0.25) is 9.20 Å². The number of fused-ring (bicyclic) bond motifs is 1. The lowest BCUT2D eigenvalue weighted by Crippen LogP contribution is -2.22. The maximum atomic E-state index is 14.1. The molecule has 1 aromatic carbocycles. The van der Waals surface area contributed by atoms with E-state index in [0.717, 1.165) is 20.6 Å². The van der Waals surface area contributed by atoms with E-state index in [1.807, 2.05) is 0 Å². The van der Waals surface area contributed by atoms with Crippen molar-refractivity contribution in [2.45, 2.75) is 6.92 Å². The van der Waals surface area contributed by atoms with Crippen LogP contribution in [0.1, 0.15) is 5.56 Å². The summed E-state index contributed by atoms with van der Waals surface area (Å²) in [6.45, 7) is 1.77. The van der Waals surface area contributed by atoms with Gasteiger partial charge in [0, 0.05) is 16.9 Å². The molecular weight excluding hydrogens is 332 g/mol. The highest BCUT2D eigenvalue weighted by Crippen LogP contribution is 2.23. The predicted molar refractivity (Wildman–Crippen MR) is 73.1 cm³/mol. The summed E-state index contributed by atoms with van der Waals surface area (Å²) in [6, 6.07) is 3.57. The third kappa shape index (κ3) is 1.85. The third-order valence-electron chi connectivity index (χ3n) is 2.98. The number of aryl methyl sites for hydroxylation is 1. The van der Waals surface area contributed by atoms with Crippen molar-refractivity contribution in [3.05, 3.63) is 62.7 Å². The summed E-state index contributed by atoms with van der Waals surface area (Å²) < 4.78 is 30.5. The van der Waals surface area contributed by atoms with Crippen LogP contribution in [0.3, 0.4) is 0 Å². The summed E-state index contributed by atoms with van der Waals surface area (Å²) in [5.74, 6) is -1.32. The van der Waals surface area contributed by atoms with Gasteiger partial charge in [0.15, 0.2) is 0 Å². The lowest BCUT2D eigenvalue weighted by atomic mass is 10.2. The Hall–Kier alpha value is -2.02. The molecule has 0 radical (unpaired) electrons. The molecule has 0 saturated carbocycles. The highest BCUT2D eigenvalue weighted by Gasteiger charge is 2.15. The van der Waals surface area contributed by atoms with Gasteiger partial charge in [-0.25, -0.2) is 13.9 Å². The van der Waals surface area contributed by atoms with Crippen LogP contribution in [0.5, 0.6) is 0 Å². The monoisotopic (exact) mass is 339 g/mol. The minimum Gasteiger partial charge on any atom is -0.269 e. The van der Waals surface area contributed by atoms with E-state index in [2.05, 4.69) is 20.9 Å². The van der Waals surface area contributed by atoms with Crippen LogP contribution in [0.15, 0.2) is 39.9 Å². The minimum absolute atomic E-state index is 0.0237. The molecule has 0 N–H and O–H groups in total. The molecule has 0 aliphatic rings. The van der Waals surface area contributed by atoms with Crippen molar-refractivity contribution in [1.29, 1.82) is 0 Å². The van der Waals surface area contributed by atoms with Crippen LogP contribution in [0, 0.1) is 18.7 Å². The van der Waals surface area contributed by atoms with Crippen molar-refractivity contribution < 1.29 is 8.78 Å². The molecule has 3 aromatic rings. The topological polar surface area (TPSA) is 39.3 Å². The van der Waals surface area contributed by atoms with Crippen LogP contribution in [0.2, 0.25) is 0 Å². The minimum atomic E-state index is -0.743. The van der Waals surface area contributed by atoms with Gasteiger partial charge in [0.05, 0.1) is 11.8 Å². The molecule has 4 nitrogen and oxygen atoms in total. The first-order valence-electron chi connectivity index (χ1n) is 5.69.